The molecule has 1 N–H and O–H groups in total. The van der Waals surface area contributed by atoms with E-state index < -0.39 is 0 Å². The van der Waals surface area contributed by atoms with E-state index in [1.54, 1.807) is 0 Å². The minimum atomic E-state index is -0.160. The van der Waals surface area contributed by atoms with Gasteiger partial charge in [-0.25, -0.2) is 0 Å². The summed E-state index contributed by atoms with van der Waals surface area (Å²) in [6.45, 7) is 4.44. The van der Waals surface area contributed by atoms with Gasteiger partial charge < -0.3 is 10.1 Å². The van der Waals surface area contributed by atoms with Crippen LogP contribution >= 0.6 is 31.9 Å². The van der Waals surface area contributed by atoms with E-state index in [2.05, 4.69) is 37.2 Å². The van der Waals surface area contributed by atoms with Gasteiger partial charge in [-0.1, -0.05) is 0 Å². The molecule has 0 saturated carbocycles. The predicted octanol–water partition coefficient (Wildman–Crippen LogP) is 3.50. The number of hydrogen-bond acceptors (Lipinski definition) is 2. The molecule has 0 aromatic heterocycles. The fraction of sp³-hybridized carbons (Fsp3) is 0.364. The highest BCUT2D eigenvalue weighted by Crippen LogP contribution is 2.32. The largest absolute Gasteiger partial charge is 0.372 e. The molecule has 1 aromatic rings. The molecule has 0 aliphatic carbocycles. The minimum Gasteiger partial charge on any atom is -0.372 e. The summed E-state index contributed by atoms with van der Waals surface area (Å²) >= 11 is 6.82. The second-order valence-electron chi connectivity index (χ2n) is 3.29. The number of anilines is 1. The number of ether oxygens (including phenoxy) is 1. The van der Waals surface area contributed by atoms with Gasteiger partial charge >= 0.3 is 0 Å². The Kier molecular flexibility index (Phi) is 5.44. The highest BCUT2D eigenvalue weighted by atomic mass is 79.9. The molecular weight excluding hydrogens is 338 g/mol. The van der Waals surface area contributed by atoms with Crippen LogP contribution in [0, 0.1) is 6.92 Å². The summed E-state index contributed by atoms with van der Waals surface area (Å²) in [7, 11) is 0. The Morgan fingerprint density at radius 3 is 2.44 bits per heavy atom. The van der Waals surface area contributed by atoms with Gasteiger partial charge in [-0.15, -0.1) is 0 Å². The number of carbonyl (C=O) groups is 1. The van der Waals surface area contributed by atoms with Gasteiger partial charge in [0.15, 0.2) is 0 Å². The molecule has 0 spiro atoms. The van der Waals surface area contributed by atoms with Gasteiger partial charge in [0.2, 0.25) is 5.91 Å². The number of carbonyl (C=O) groups excluding carboxylic acids is 1. The lowest BCUT2D eigenvalue weighted by Crippen LogP contribution is -2.18. The number of aryl methyl sites for hydroxylation is 1. The molecule has 5 heteroatoms. The maximum Gasteiger partial charge on any atom is 0.250 e. The summed E-state index contributed by atoms with van der Waals surface area (Å²) in [6, 6.07) is 3.89. The molecule has 0 radical (unpaired) electrons. The van der Waals surface area contributed by atoms with Gasteiger partial charge in [0.25, 0.3) is 0 Å². The quantitative estimate of drug-likeness (QED) is 0.902. The minimum absolute atomic E-state index is 0.0727. The molecular formula is C11H13Br2NO2. The number of benzene rings is 1. The van der Waals surface area contributed by atoms with Crippen molar-refractivity contribution < 1.29 is 9.53 Å². The summed E-state index contributed by atoms with van der Waals surface area (Å²) in [4.78, 5) is 11.5. The summed E-state index contributed by atoms with van der Waals surface area (Å²) in [5.74, 6) is -0.160. The summed E-state index contributed by atoms with van der Waals surface area (Å²) in [6.07, 6.45) is 0. The molecule has 3 nitrogen and oxygen atoms in total. The third kappa shape index (κ3) is 3.88. The first-order chi connectivity index (χ1) is 7.54. The summed E-state index contributed by atoms with van der Waals surface area (Å²) in [5, 5.41) is 2.78. The Hall–Kier alpha value is -0.390. The topological polar surface area (TPSA) is 38.3 Å². The van der Waals surface area contributed by atoms with Crippen LogP contribution in [0.4, 0.5) is 5.69 Å². The van der Waals surface area contributed by atoms with Crippen molar-refractivity contribution in [1.29, 1.82) is 0 Å². The number of halogens is 2. The van der Waals surface area contributed by atoms with Crippen molar-refractivity contribution in [2.75, 3.05) is 18.5 Å². The van der Waals surface area contributed by atoms with Crippen molar-refractivity contribution in [3.63, 3.8) is 0 Å². The fourth-order valence-electron chi connectivity index (χ4n) is 1.19. The Morgan fingerprint density at radius 2 is 1.94 bits per heavy atom. The zero-order chi connectivity index (χ0) is 12.1. The van der Waals surface area contributed by atoms with Crippen LogP contribution in [0.2, 0.25) is 0 Å². The zero-order valence-electron chi connectivity index (χ0n) is 9.14. The fourth-order valence-corrected chi connectivity index (χ4v) is 2.80. The maximum atomic E-state index is 11.5. The Balaban J connectivity index is 2.77. The molecule has 1 rings (SSSR count). The molecule has 0 fully saturated rings. The highest BCUT2D eigenvalue weighted by molar-refractivity contribution is 9.11. The van der Waals surface area contributed by atoms with Crippen molar-refractivity contribution in [3.8, 4) is 0 Å². The molecule has 0 atom stereocenters. The molecule has 0 aliphatic rings. The van der Waals surface area contributed by atoms with Gasteiger partial charge in [-0.05, 0) is 63.4 Å². The lowest BCUT2D eigenvalue weighted by Gasteiger charge is -2.10. The van der Waals surface area contributed by atoms with Crippen molar-refractivity contribution in [3.05, 3.63) is 26.6 Å². The third-order valence-corrected chi connectivity index (χ3v) is 3.14. The van der Waals surface area contributed by atoms with Crippen LogP contribution in [-0.4, -0.2) is 19.1 Å². The highest BCUT2D eigenvalue weighted by Gasteiger charge is 2.09. The van der Waals surface area contributed by atoms with E-state index in [0.717, 1.165) is 20.2 Å². The molecule has 1 aromatic carbocycles. The number of rotatable bonds is 4. The number of nitrogens with one attached hydrogen (secondary N) is 1. The van der Waals surface area contributed by atoms with Gasteiger partial charge in [0, 0.05) is 15.6 Å². The maximum absolute atomic E-state index is 11.5. The molecule has 1 amide bonds. The molecule has 88 valence electrons. The van der Waals surface area contributed by atoms with E-state index in [1.165, 1.54) is 0 Å². The monoisotopic (exact) mass is 349 g/mol. The van der Waals surface area contributed by atoms with Gasteiger partial charge in [0.1, 0.15) is 6.61 Å². The molecule has 16 heavy (non-hydrogen) atoms. The van der Waals surface area contributed by atoms with Crippen molar-refractivity contribution in [1.82, 2.24) is 0 Å². The first kappa shape index (κ1) is 13.7. The summed E-state index contributed by atoms with van der Waals surface area (Å²) < 4.78 is 6.73. The lowest BCUT2D eigenvalue weighted by molar-refractivity contribution is -0.120. The SMILES string of the molecule is CCOCC(=O)Nc1c(Br)cc(C)cc1Br. The summed E-state index contributed by atoms with van der Waals surface area (Å²) in [5.41, 5.74) is 1.84. The lowest BCUT2D eigenvalue weighted by atomic mass is 10.2. The van der Waals surface area contributed by atoms with E-state index in [9.17, 15) is 4.79 Å². The van der Waals surface area contributed by atoms with E-state index in [0.29, 0.717) is 6.61 Å². The van der Waals surface area contributed by atoms with Crippen LogP contribution in [0.15, 0.2) is 21.1 Å². The normalized spacial score (nSPS) is 10.2. The Morgan fingerprint density at radius 1 is 1.38 bits per heavy atom. The molecule has 0 aliphatic heterocycles. The number of amides is 1. The van der Waals surface area contributed by atoms with Crippen molar-refractivity contribution in [2.45, 2.75) is 13.8 Å². The zero-order valence-corrected chi connectivity index (χ0v) is 12.3. The standard InChI is InChI=1S/C11H13Br2NO2/c1-3-16-6-10(15)14-11-8(12)4-7(2)5-9(11)13/h4-5H,3,6H2,1-2H3,(H,14,15). The Labute approximate surface area is 112 Å². The van der Waals surface area contributed by atoms with E-state index >= 15 is 0 Å². The Bertz CT molecular complexity index is 371. The van der Waals surface area contributed by atoms with Crippen molar-refractivity contribution in [2.24, 2.45) is 0 Å². The second-order valence-corrected chi connectivity index (χ2v) is 5.00. The second kappa shape index (κ2) is 6.37. The van der Waals surface area contributed by atoms with Gasteiger partial charge in [-0.2, -0.15) is 0 Å². The molecule has 0 unspecified atom stereocenters. The van der Waals surface area contributed by atoms with Crippen LogP contribution in [0.3, 0.4) is 0 Å². The average molecular weight is 351 g/mol. The molecule has 0 saturated heterocycles. The van der Waals surface area contributed by atoms with Crippen LogP contribution in [0.25, 0.3) is 0 Å². The third-order valence-electron chi connectivity index (χ3n) is 1.89. The van der Waals surface area contributed by atoms with E-state index in [-0.39, 0.29) is 12.5 Å². The van der Waals surface area contributed by atoms with Gasteiger partial charge in [0.05, 0.1) is 5.69 Å². The smallest absolute Gasteiger partial charge is 0.250 e. The first-order valence-electron chi connectivity index (χ1n) is 4.87. The molecule has 0 bridgehead atoms. The van der Waals surface area contributed by atoms with E-state index in [4.69, 9.17) is 4.74 Å². The van der Waals surface area contributed by atoms with Crippen LogP contribution in [0.1, 0.15) is 12.5 Å². The number of hydrogen-bond donors (Lipinski definition) is 1. The van der Waals surface area contributed by atoms with Crippen LogP contribution in [0.5, 0.6) is 0 Å². The predicted molar refractivity (Wildman–Crippen MR) is 71.7 cm³/mol. The van der Waals surface area contributed by atoms with Crippen LogP contribution in [-0.2, 0) is 9.53 Å². The van der Waals surface area contributed by atoms with E-state index in [1.807, 2.05) is 26.0 Å². The molecule has 0 heterocycles. The average Bonchev–Trinajstić information content (AvgIpc) is 2.20. The van der Waals surface area contributed by atoms with Crippen LogP contribution < -0.4 is 5.32 Å². The van der Waals surface area contributed by atoms with Crippen molar-refractivity contribution >= 4 is 43.5 Å². The van der Waals surface area contributed by atoms with Gasteiger partial charge in [-0.3, -0.25) is 4.79 Å². The first-order valence-corrected chi connectivity index (χ1v) is 6.46.